The van der Waals surface area contributed by atoms with E-state index in [-0.39, 0.29) is 6.04 Å². The maximum Gasteiger partial charge on any atom is 0.164 e. The highest BCUT2D eigenvalue weighted by Gasteiger charge is 2.27. The molecule has 6 heteroatoms. The van der Waals surface area contributed by atoms with Gasteiger partial charge in [0.2, 0.25) is 0 Å². The lowest BCUT2D eigenvalue weighted by Gasteiger charge is -2.10. The van der Waals surface area contributed by atoms with Crippen LogP contribution in [-0.4, -0.2) is 26.4 Å². The van der Waals surface area contributed by atoms with Gasteiger partial charge in [-0.3, -0.25) is 0 Å². The zero-order valence-electron chi connectivity index (χ0n) is 16.0. The van der Waals surface area contributed by atoms with Gasteiger partial charge in [-0.05, 0) is 48.2 Å². The number of nitrogens with two attached hydrogens (primary N) is 1. The van der Waals surface area contributed by atoms with E-state index in [1.165, 1.54) is 17.5 Å². The van der Waals surface area contributed by atoms with Crippen molar-refractivity contribution < 1.29 is 4.74 Å². The Balaban J connectivity index is 1.58. The SMILES string of the molecule is C=CCOc1ccc(-c2nn(C3Cc4ccccc4C3)c3ncnc(N)c23)cc1. The van der Waals surface area contributed by atoms with Gasteiger partial charge in [0, 0.05) is 5.56 Å². The van der Waals surface area contributed by atoms with E-state index >= 15 is 0 Å². The smallest absolute Gasteiger partial charge is 0.164 e. The summed E-state index contributed by atoms with van der Waals surface area (Å²) in [5.41, 5.74) is 11.5. The normalized spacial score (nSPS) is 13.5. The van der Waals surface area contributed by atoms with Crippen molar-refractivity contribution in [3.8, 4) is 17.0 Å². The second kappa shape index (κ2) is 7.05. The summed E-state index contributed by atoms with van der Waals surface area (Å²) < 4.78 is 7.61. The van der Waals surface area contributed by atoms with Gasteiger partial charge >= 0.3 is 0 Å². The molecule has 0 radical (unpaired) electrons. The van der Waals surface area contributed by atoms with Crippen LogP contribution in [0.2, 0.25) is 0 Å². The lowest BCUT2D eigenvalue weighted by Crippen LogP contribution is -2.11. The molecule has 2 N–H and O–H groups in total. The third-order valence-electron chi connectivity index (χ3n) is 5.39. The molecular formula is C23H21N5O. The molecule has 0 fully saturated rings. The number of nitrogen functional groups attached to an aromatic ring is 1. The number of anilines is 1. The monoisotopic (exact) mass is 383 g/mol. The summed E-state index contributed by atoms with van der Waals surface area (Å²) in [7, 11) is 0. The van der Waals surface area contributed by atoms with Crippen LogP contribution in [0.5, 0.6) is 5.75 Å². The highest BCUT2D eigenvalue weighted by atomic mass is 16.5. The predicted octanol–water partition coefficient (Wildman–Crippen LogP) is 3.98. The van der Waals surface area contributed by atoms with Crippen molar-refractivity contribution in [1.29, 1.82) is 0 Å². The standard InChI is InChI=1S/C23H21N5O/c1-2-11-29-19-9-7-15(8-10-19)21-20-22(24)25-14-26-23(20)28(27-21)18-12-16-5-3-4-6-17(16)13-18/h2-10,14,18H,1,11-13H2,(H2,24,25,26). The molecule has 0 spiro atoms. The van der Waals surface area contributed by atoms with Crippen LogP contribution in [0.4, 0.5) is 5.82 Å². The molecule has 0 saturated heterocycles. The average Bonchev–Trinajstić information content (AvgIpc) is 3.35. The van der Waals surface area contributed by atoms with Crippen molar-refractivity contribution >= 4 is 16.9 Å². The molecule has 6 nitrogen and oxygen atoms in total. The first-order valence-corrected chi connectivity index (χ1v) is 9.64. The third kappa shape index (κ3) is 3.02. The molecule has 0 aliphatic heterocycles. The van der Waals surface area contributed by atoms with Crippen molar-refractivity contribution in [1.82, 2.24) is 19.7 Å². The molecular weight excluding hydrogens is 362 g/mol. The molecule has 2 heterocycles. The molecule has 2 aromatic carbocycles. The van der Waals surface area contributed by atoms with Crippen LogP contribution in [0.3, 0.4) is 0 Å². The first-order valence-electron chi connectivity index (χ1n) is 9.64. The van der Waals surface area contributed by atoms with Crippen molar-refractivity contribution in [2.24, 2.45) is 0 Å². The number of fused-ring (bicyclic) bond motifs is 2. The minimum absolute atomic E-state index is 0.216. The van der Waals surface area contributed by atoms with Gasteiger partial charge in [0.25, 0.3) is 0 Å². The van der Waals surface area contributed by atoms with Crippen LogP contribution >= 0.6 is 0 Å². The number of hydrogen-bond donors (Lipinski definition) is 1. The number of nitrogens with zero attached hydrogens (tertiary/aromatic N) is 4. The van der Waals surface area contributed by atoms with Gasteiger partial charge in [-0.15, -0.1) is 0 Å². The van der Waals surface area contributed by atoms with E-state index in [9.17, 15) is 0 Å². The Morgan fingerprint density at radius 2 is 1.79 bits per heavy atom. The highest BCUT2D eigenvalue weighted by Crippen LogP contribution is 2.36. The Morgan fingerprint density at radius 3 is 2.48 bits per heavy atom. The Labute approximate surface area is 168 Å². The molecule has 5 rings (SSSR count). The summed E-state index contributed by atoms with van der Waals surface area (Å²) in [5, 5.41) is 5.75. The molecule has 0 amide bonds. The lowest BCUT2D eigenvalue weighted by atomic mass is 10.1. The maximum atomic E-state index is 6.25. The number of ether oxygens (including phenoxy) is 1. The second-order valence-electron chi connectivity index (χ2n) is 7.21. The minimum Gasteiger partial charge on any atom is -0.490 e. The first-order chi connectivity index (χ1) is 14.2. The van der Waals surface area contributed by atoms with Crippen LogP contribution in [0.1, 0.15) is 17.2 Å². The quantitative estimate of drug-likeness (QED) is 0.527. The summed E-state index contributed by atoms with van der Waals surface area (Å²) in [6.07, 6.45) is 5.10. The fourth-order valence-corrected chi connectivity index (χ4v) is 4.02. The minimum atomic E-state index is 0.216. The Hall–Kier alpha value is -3.67. The molecule has 144 valence electrons. The first kappa shape index (κ1) is 17.4. The second-order valence-corrected chi connectivity index (χ2v) is 7.21. The van der Waals surface area contributed by atoms with Crippen molar-refractivity contribution in [2.45, 2.75) is 18.9 Å². The van der Waals surface area contributed by atoms with E-state index in [0.29, 0.717) is 12.4 Å². The molecule has 4 aromatic rings. The van der Waals surface area contributed by atoms with E-state index in [1.54, 1.807) is 6.08 Å². The van der Waals surface area contributed by atoms with E-state index in [2.05, 4.69) is 40.8 Å². The Morgan fingerprint density at radius 1 is 1.07 bits per heavy atom. The Kier molecular flexibility index (Phi) is 4.24. The van der Waals surface area contributed by atoms with Crippen LogP contribution in [0.25, 0.3) is 22.3 Å². The molecule has 0 unspecified atom stereocenters. The van der Waals surface area contributed by atoms with Gasteiger partial charge in [-0.2, -0.15) is 5.10 Å². The number of rotatable bonds is 5. The molecule has 2 aromatic heterocycles. The largest absolute Gasteiger partial charge is 0.490 e. The maximum absolute atomic E-state index is 6.25. The van der Waals surface area contributed by atoms with Crippen molar-refractivity contribution in [3.05, 3.63) is 78.6 Å². The average molecular weight is 383 g/mol. The lowest BCUT2D eigenvalue weighted by molar-refractivity contribution is 0.363. The van der Waals surface area contributed by atoms with Crippen LogP contribution in [0, 0.1) is 0 Å². The van der Waals surface area contributed by atoms with Gasteiger partial charge in [-0.25, -0.2) is 14.6 Å². The fraction of sp³-hybridized carbons (Fsp3) is 0.174. The van der Waals surface area contributed by atoms with Gasteiger partial charge in [0.15, 0.2) is 5.65 Å². The zero-order chi connectivity index (χ0) is 19.8. The van der Waals surface area contributed by atoms with E-state index in [1.807, 2.05) is 28.9 Å². The van der Waals surface area contributed by atoms with Crippen LogP contribution in [0.15, 0.2) is 67.5 Å². The predicted molar refractivity (Wildman–Crippen MR) is 114 cm³/mol. The van der Waals surface area contributed by atoms with Gasteiger partial charge in [0.1, 0.15) is 30.2 Å². The summed E-state index contributed by atoms with van der Waals surface area (Å²) in [6, 6.07) is 16.6. The summed E-state index contributed by atoms with van der Waals surface area (Å²) in [4.78, 5) is 8.74. The molecule has 0 saturated carbocycles. The summed E-state index contributed by atoms with van der Waals surface area (Å²) in [5.74, 6) is 1.23. The van der Waals surface area contributed by atoms with Gasteiger partial charge in [0.05, 0.1) is 11.4 Å². The number of hydrogen-bond acceptors (Lipinski definition) is 5. The summed E-state index contributed by atoms with van der Waals surface area (Å²) in [6.45, 7) is 4.15. The van der Waals surface area contributed by atoms with E-state index in [0.717, 1.165) is 40.9 Å². The van der Waals surface area contributed by atoms with Gasteiger partial charge in [-0.1, -0.05) is 36.9 Å². The molecule has 1 aliphatic rings. The van der Waals surface area contributed by atoms with Crippen molar-refractivity contribution in [2.75, 3.05) is 12.3 Å². The van der Waals surface area contributed by atoms with Crippen molar-refractivity contribution in [3.63, 3.8) is 0 Å². The molecule has 0 atom stereocenters. The molecule has 1 aliphatic carbocycles. The van der Waals surface area contributed by atoms with E-state index < -0.39 is 0 Å². The molecule has 29 heavy (non-hydrogen) atoms. The number of aromatic nitrogens is 4. The number of benzene rings is 2. The topological polar surface area (TPSA) is 78.8 Å². The summed E-state index contributed by atoms with van der Waals surface area (Å²) >= 11 is 0. The fourth-order valence-electron chi connectivity index (χ4n) is 4.02. The molecule has 0 bridgehead atoms. The van der Waals surface area contributed by atoms with Crippen LogP contribution < -0.4 is 10.5 Å². The van der Waals surface area contributed by atoms with E-state index in [4.69, 9.17) is 15.6 Å². The zero-order valence-corrected chi connectivity index (χ0v) is 16.0. The Bertz CT molecular complexity index is 1170. The van der Waals surface area contributed by atoms with Gasteiger partial charge < -0.3 is 10.5 Å². The third-order valence-corrected chi connectivity index (χ3v) is 5.39. The van der Waals surface area contributed by atoms with Crippen LogP contribution in [-0.2, 0) is 12.8 Å². The highest BCUT2D eigenvalue weighted by molar-refractivity contribution is 5.98.